The minimum Gasteiger partial charge on any atom is -0.461 e. The van der Waals surface area contributed by atoms with Crippen LogP contribution in [0.4, 0.5) is 0 Å². The van der Waals surface area contributed by atoms with Crippen molar-refractivity contribution >= 4 is 5.97 Å². The van der Waals surface area contributed by atoms with Gasteiger partial charge in [0.2, 0.25) is 0 Å². The molecule has 4 aliphatic rings. The molecule has 0 amide bonds. The smallest absolute Gasteiger partial charge is 0.311 e. The van der Waals surface area contributed by atoms with E-state index in [1.54, 1.807) is 5.57 Å². The van der Waals surface area contributed by atoms with E-state index < -0.39 is 0 Å². The first-order valence-corrected chi connectivity index (χ1v) is 11.9. The molecule has 3 fully saturated rings. The monoisotopic (exact) mass is 408 g/mol. The molecule has 0 bridgehead atoms. The molecule has 1 saturated carbocycles. The molecule has 30 heavy (non-hydrogen) atoms. The van der Waals surface area contributed by atoms with Gasteiger partial charge in [0, 0.05) is 45.2 Å². The van der Waals surface area contributed by atoms with E-state index in [4.69, 9.17) is 4.74 Å². The average Bonchev–Trinajstić information content (AvgIpc) is 3.02. The molecular weight excluding hydrogens is 372 g/mol. The van der Waals surface area contributed by atoms with Crippen LogP contribution in [0.25, 0.3) is 0 Å². The maximum absolute atomic E-state index is 12.8. The van der Waals surface area contributed by atoms with Gasteiger partial charge in [-0.3, -0.25) is 14.6 Å². The Balaban J connectivity index is 1.22. The van der Waals surface area contributed by atoms with Gasteiger partial charge in [0.1, 0.15) is 6.10 Å². The SMILES string of the molecule is C[C@H]1CCC[C@]2(C)C[C@H]3OC(=O)[C@@H](CN4CCN(Cc5ccccc5)CC4)[C@H]3C=C12. The second-order valence-corrected chi connectivity index (χ2v) is 10.4. The lowest BCUT2D eigenvalue weighted by atomic mass is 9.59. The van der Waals surface area contributed by atoms with Gasteiger partial charge in [0.15, 0.2) is 0 Å². The van der Waals surface area contributed by atoms with Crippen LogP contribution >= 0.6 is 0 Å². The Morgan fingerprint density at radius 1 is 1.10 bits per heavy atom. The van der Waals surface area contributed by atoms with Crippen LogP contribution in [0.5, 0.6) is 0 Å². The number of benzene rings is 1. The molecule has 0 spiro atoms. The third-order valence-corrected chi connectivity index (χ3v) is 8.25. The molecule has 0 N–H and O–H groups in total. The van der Waals surface area contributed by atoms with Gasteiger partial charge in [-0.05, 0) is 36.2 Å². The van der Waals surface area contributed by atoms with Crippen molar-refractivity contribution in [3.05, 3.63) is 47.5 Å². The summed E-state index contributed by atoms with van der Waals surface area (Å²) in [6.07, 6.45) is 7.46. The number of ether oxygens (including phenoxy) is 1. The van der Waals surface area contributed by atoms with Crippen LogP contribution in [0.15, 0.2) is 42.0 Å². The van der Waals surface area contributed by atoms with Crippen LogP contribution in [0.3, 0.4) is 0 Å². The molecule has 2 heterocycles. The number of hydrogen-bond acceptors (Lipinski definition) is 4. The first kappa shape index (κ1) is 20.3. The summed E-state index contributed by atoms with van der Waals surface area (Å²) in [6, 6.07) is 10.7. The largest absolute Gasteiger partial charge is 0.461 e. The fourth-order valence-corrected chi connectivity index (χ4v) is 6.51. The van der Waals surface area contributed by atoms with Crippen LogP contribution in [-0.2, 0) is 16.1 Å². The van der Waals surface area contributed by atoms with Crippen LogP contribution in [0, 0.1) is 23.2 Å². The first-order chi connectivity index (χ1) is 14.5. The van der Waals surface area contributed by atoms with Crippen molar-refractivity contribution in [1.82, 2.24) is 9.80 Å². The molecule has 0 aromatic heterocycles. The zero-order chi connectivity index (χ0) is 20.7. The number of fused-ring (bicyclic) bond motifs is 2. The zero-order valence-electron chi connectivity index (χ0n) is 18.6. The molecular formula is C26H36N2O2. The number of rotatable bonds is 4. The maximum Gasteiger partial charge on any atom is 0.311 e. The number of piperazine rings is 1. The van der Waals surface area contributed by atoms with Crippen molar-refractivity contribution in [1.29, 1.82) is 0 Å². The van der Waals surface area contributed by atoms with E-state index in [2.05, 4.69) is 60.1 Å². The third-order valence-electron chi connectivity index (χ3n) is 8.25. The molecule has 4 nitrogen and oxygen atoms in total. The topological polar surface area (TPSA) is 32.8 Å². The number of nitrogens with zero attached hydrogens (tertiary/aromatic N) is 2. The highest BCUT2D eigenvalue weighted by atomic mass is 16.6. The Kier molecular flexibility index (Phi) is 5.49. The highest BCUT2D eigenvalue weighted by Gasteiger charge is 2.52. The van der Waals surface area contributed by atoms with Crippen LogP contribution in [0.2, 0.25) is 0 Å². The fourth-order valence-electron chi connectivity index (χ4n) is 6.51. The minimum absolute atomic E-state index is 0.0156. The van der Waals surface area contributed by atoms with Crippen LogP contribution < -0.4 is 0 Å². The number of carbonyl (C=O) groups excluding carboxylic acids is 1. The van der Waals surface area contributed by atoms with Crippen molar-refractivity contribution in [3.63, 3.8) is 0 Å². The van der Waals surface area contributed by atoms with Crippen molar-refractivity contribution < 1.29 is 9.53 Å². The molecule has 4 heteroatoms. The Morgan fingerprint density at radius 3 is 2.60 bits per heavy atom. The summed E-state index contributed by atoms with van der Waals surface area (Å²) >= 11 is 0. The lowest BCUT2D eigenvalue weighted by Crippen LogP contribution is -2.48. The van der Waals surface area contributed by atoms with E-state index in [1.165, 1.54) is 24.8 Å². The van der Waals surface area contributed by atoms with Gasteiger partial charge in [0.05, 0.1) is 5.92 Å². The minimum atomic E-state index is 0.0156. The molecule has 5 rings (SSSR count). The molecule has 5 atom stereocenters. The maximum atomic E-state index is 12.8. The van der Waals surface area contributed by atoms with Gasteiger partial charge in [0.25, 0.3) is 0 Å². The summed E-state index contributed by atoms with van der Waals surface area (Å²) in [5.74, 6) is 0.997. The number of hydrogen-bond donors (Lipinski definition) is 0. The van der Waals surface area contributed by atoms with Gasteiger partial charge in [-0.2, -0.15) is 0 Å². The van der Waals surface area contributed by atoms with Crippen molar-refractivity contribution in [2.24, 2.45) is 23.2 Å². The summed E-state index contributed by atoms with van der Waals surface area (Å²) in [5, 5.41) is 0. The molecule has 0 unspecified atom stereocenters. The van der Waals surface area contributed by atoms with Gasteiger partial charge in [-0.25, -0.2) is 0 Å². The highest BCUT2D eigenvalue weighted by Crippen LogP contribution is 2.54. The average molecular weight is 409 g/mol. The predicted octanol–water partition coefficient (Wildman–Crippen LogP) is 4.12. The molecule has 1 aromatic carbocycles. The van der Waals surface area contributed by atoms with E-state index in [-0.39, 0.29) is 29.3 Å². The Labute approximate surface area is 181 Å². The van der Waals surface area contributed by atoms with E-state index in [1.807, 2.05) is 0 Å². The number of allylic oxidation sites excluding steroid dienone is 1. The summed E-state index contributed by atoms with van der Waals surface area (Å²) < 4.78 is 5.95. The van der Waals surface area contributed by atoms with Crippen LogP contribution in [0.1, 0.15) is 45.1 Å². The normalized spacial score (nSPS) is 37.3. The van der Waals surface area contributed by atoms with Crippen LogP contribution in [-0.4, -0.2) is 54.6 Å². The third kappa shape index (κ3) is 3.85. The van der Waals surface area contributed by atoms with E-state index in [0.29, 0.717) is 5.92 Å². The summed E-state index contributed by atoms with van der Waals surface area (Å²) in [5.41, 5.74) is 3.24. The fraction of sp³-hybridized carbons (Fsp3) is 0.654. The number of carbonyl (C=O) groups is 1. The second-order valence-electron chi connectivity index (χ2n) is 10.4. The standard InChI is InChI=1S/C26H36N2O2/c1-19-7-6-10-26(2)16-24-21(15-23(19)26)22(25(29)30-24)18-28-13-11-27(12-14-28)17-20-8-4-3-5-9-20/h3-5,8-9,15,19,21-22,24H,6-7,10-14,16-18H2,1-2H3/t19-,21+,22-,24+,26+/m0/s1. The van der Waals surface area contributed by atoms with E-state index in [9.17, 15) is 4.79 Å². The first-order valence-electron chi connectivity index (χ1n) is 11.9. The second kappa shape index (κ2) is 8.12. The lowest BCUT2D eigenvalue weighted by Gasteiger charge is -2.46. The Bertz CT molecular complexity index is 799. The Hall–Kier alpha value is -1.65. The van der Waals surface area contributed by atoms with Gasteiger partial charge < -0.3 is 4.74 Å². The molecule has 2 aliphatic carbocycles. The number of esters is 1. The molecule has 0 radical (unpaired) electrons. The summed E-state index contributed by atoms with van der Waals surface area (Å²) in [7, 11) is 0. The highest BCUT2D eigenvalue weighted by molar-refractivity contribution is 5.76. The summed E-state index contributed by atoms with van der Waals surface area (Å²) in [6.45, 7) is 10.9. The zero-order valence-corrected chi connectivity index (χ0v) is 18.6. The van der Waals surface area contributed by atoms with Gasteiger partial charge in [-0.1, -0.05) is 62.2 Å². The Morgan fingerprint density at radius 2 is 1.83 bits per heavy atom. The molecule has 2 saturated heterocycles. The molecule has 162 valence electrons. The van der Waals surface area contributed by atoms with Gasteiger partial charge in [-0.15, -0.1) is 0 Å². The van der Waals surface area contributed by atoms with E-state index >= 15 is 0 Å². The summed E-state index contributed by atoms with van der Waals surface area (Å²) in [4.78, 5) is 17.8. The van der Waals surface area contributed by atoms with E-state index in [0.717, 1.165) is 45.7 Å². The van der Waals surface area contributed by atoms with Crippen molar-refractivity contribution in [2.45, 2.75) is 52.2 Å². The lowest BCUT2D eigenvalue weighted by molar-refractivity contribution is -0.145. The molecule has 1 aromatic rings. The van der Waals surface area contributed by atoms with Crippen molar-refractivity contribution in [3.8, 4) is 0 Å². The van der Waals surface area contributed by atoms with Gasteiger partial charge >= 0.3 is 5.97 Å². The predicted molar refractivity (Wildman–Crippen MR) is 119 cm³/mol. The quantitative estimate of drug-likeness (QED) is 0.554. The van der Waals surface area contributed by atoms with Crippen molar-refractivity contribution in [2.75, 3.05) is 32.7 Å². The molecule has 2 aliphatic heterocycles.